The van der Waals surface area contributed by atoms with Crippen LogP contribution in [0.3, 0.4) is 0 Å². The standard InChI is InChI=1S/C10H17N3O4S/c1-10(2,3)8(9(14)15)12-18(16,17)7-5-6-11-13(7)4/h5-6,8,12H,1-4H3,(H,14,15)/t8-/m1/s1. The third-order valence-corrected chi connectivity index (χ3v) is 3.93. The Morgan fingerprint density at radius 3 is 2.39 bits per heavy atom. The van der Waals surface area contributed by atoms with Gasteiger partial charge in [0.2, 0.25) is 0 Å². The van der Waals surface area contributed by atoms with Gasteiger partial charge in [0.05, 0.1) is 6.20 Å². The van der Waals surface area contributed by atoms with Crippen LogP contribution in [-0.2, 0) is 21.9 Å². The fourth-order valence-electron chi connectivity index (χ4n) is 1.44. The zero-order valence-corrected chi connectivity index (χ0v) is 11.5. The summed E-state index contributed by atoms with van der Waals surface area (Å²) in [4.78, 5) is 11.1. The normalized spacial score (nSPS) is 14.4. The highest BCUT2D eigenvalue weighted by Gasteiger charge is 2.36. The van der Waals surface area contributed by atoms with Crippen molar-refractivity contribution in [2.24, 2.45) is 12.5 Å². The van der Waals surface area contributed by atoms with E-state index in [1.807, 2.05) is 0 Å². The minimum Gasteiger partial charge on any atom is -0.480 e. The van der Waals surface area contributed by atoms with Gasteiger partial charge >= 0.3 is 5.97 Å². The molecular formula is C10H17N3O4S. The largest absolute Gasteiger partial charge is 0.480 e. The number of carbonyl (C=O) groups is 1. The number of aromatic nitrogens is 2. The molecule has 0 fully saturated rings. The van der Waals surface area contributed by atoms with Crippen molar-refractivity contribution in [3.05, 3.63) is 12.3 Å². The molecule has 102 valence electrons. The summed E-state index contributed by atoms with van der Waals surface area (Å²) in [6.45, 7) is 4.95. The molecule has 1 heterocycles. The van der Waals surface area contributed by atoms with Crippen LogP contribution >= 0.6 is 0 Å². The van der Waals surface area contributed by atoms with Gasteiger partial charge in [0.25, 0.3) is 10.0 Å². The summed E-state index contributed by atoms with van der Waals surface area (Å²) >= 11 is 0. The summed E-state index contributed by atoms with van der Waals surface area (Å²) in [5.74, 6) is -1.21. The molecule has 1 aromatic rings. The van der Waals surface area contributed by atoms with Crippen molar-refractivity contribution in [3.8, 4) is 0 Å². The van der Waals surface area contributed by atoms with E-state index < -0.39 is 27.4 Å². The molecule has 0 amide bonds. The van der Waals surface area contributed by atoms with Crippen LogP contribution in [0.25, 0.3) is 0 Å². The Balaban J connectivity index is 3.09. The molecule has 2 N–H and O–H groups in total. The Morgan fingerprint density at radius 2 is 2.06 bits per heavy atom. The van der Waals surface area contributed by atoms with Gasteiger partial charge in [-0.3, -0.25) is 9.48 Å². The highest BCUT2D eigenvalue weighted by Crippen LogP contribution is 2.21. The maximum atomic E-state index is 12.0. The molecule has 1 aromatic heterocycles. The van der Waals surface area contributed by atoms with E-state index >= 15 is 0 Å². The van der Waals surface area contributed by atoms with Crippen molar-refractivity contribution in [2.45, 2.75) is 31.8 Å². The summed E-state index contributed by atoms with van der Waals surface area (Å²) in [7, 11) is -2.43. The first kappa shape index (κ1) is 14.7. The van der Waals surface area contributed by atoms with E-state index in [9.17, 15) is 13.2 Å². The molecule has 0 bridgehead atoms. The number of hydrogen-bond acceptors (Lipinski definition) is 4. The lowest BCUT2D eigenvalue weighted by Crippen LogP contribution is -2.49. The lowest BCUT2D eigenvalue weighted by Gasteiger charge is -2.27. The molecule has 0 aromatic carbocycles. The monoisotopic (exact) mass is 275 g/mol. The SMILES string of the molecule is Cn1nccc1S(=O)(=O)N[C@H](C(=O)O)C(C)(C)C. The van der Waals surface area contributed by atoms with Crippen molar-refractivity contribution in [2.75, 3.05) is 0 Å². The molecule has 0 unspecified atom stereocenters. The molecule has 7 nitrogen and oxygen atoms in total. The van der Waals surface area contributed by atoms with Crippen molar-refractivity contribution in [1.82, 2.24) is 14.5 Å². The Hall–Kier alpha value is -1.41. The summed E-state index contributed by atoms with van der Waals surface area (Å²) in [5.41, 5.74) is -0.739. The van der Waals surface area contributed by atoms with E-state index in [-0.39, 0.29) is 5.03 Å². The van der Waals surface area contributed by atoms with Crippen LogP contribution < -0.4 is 4.72 Å². The van der Waals surface area contributed by atoms with Crippen molar-refractivity contribution in [3.63, 3.8) is 0 Å². The number of carboxylic acid groups (broad SMARTS) is 1. The van der Waals surface area contributed by atoms with Gasteiger partial charge in [-0.15, -0.1) is 0 Å². The Kier molecular flexibility index (Phi) is 3.82. The number of aryl methyl sites for hydroxylation is 1. The second-order valence-electron chi connectivity index (χ2n) is 5.05. The Bertz CT molecular complexity index is 542. The molecule has 0 aliphatic heterocycles. The van der Waals surface area contributed by atoms with E-state index in [0.717, 1.165) is 0 Å². The number of nitrogens with zero attached hydrogens (tertiary/aromatic N) is 2. The van der Waals surface area contributed by atoms with E-state index in [2.05, 4.69) is 9.82 Å². The maximum Gasteiger partial charge on any atom is 0.322 e. The van der Waals surface area contributed by atoms with Crippen LogP contribution in [0.5, 0.6) is 0 Å². The van der Waals surface area contributed by atoms with Gasteiger partial charge in [-0.05, 0) is 11.5 Å². The van der Waals surface area contributed by atoms with E-state index in [0.29, 0.717) is 0 Å². The van der Waals surface area contributed by atoms with Crippen LogP contribution in [-0.4, -0.2) is 35.3 Å². The van der Waals surface area contributed by atoms with Crippen molar-refractivity contribution >= 4 is 16.0 Å². The molecular weight excluding hydrogens is 258 g/mol. The van der Waals surface area contributed by atoms with Gasteiger partial charge in [-0.25, -0.2) is 8.42 Å². The van der Waals surface area contributed by atoms with Crippen molar-refractivity contribution < 1.29 is 18.3 Å². The number of sulfonamides is 1. The van der Waals surface area contributed by atoms with Crippen LogP contribution in [0.2, 0.25) is 0 Å². The Morgan fingerprint density at radius 1 is 1.50 bits per heavy atom. The number of aliphatic carboxylic acids is 1. The second kappa shape index (κ2) is 4.69. The molecule has 8 heteroatoms. The predicted octanol–water partition coefficient (Wildman–Crippen LogP) is 0.198. The molecule has 0 aliphatic rings. The van der Waals surface area contributed by atoms with Crippen LogP contribution in [0.4, 0.5) is 0 Å². The fourth-order valence-corrected chi connectivity index (χ4v) is 2.96. The van der Waals surface area contributed by atoms with Gasteiger partial charge in [-0.2, -0.15) is 9.82 Å². The molecule has 1 atom stereocenters. The van der Waals surface area contributed by atoms with E-state index in [4.69, 9.17) is 5.11 Å². The quantitative estimate of drug-likeness (QED) is 0.817. The van der Waals surface area contributed by atoms with Gasteiger partial charge in [0.1, 0.15) is 6.04 Å². The number of carboxylic acids is 1. The van der Waals surface area contributed by atoms with Gasteiger partial charge < -0.3 is 5.11 Å². The molecule has 1 rings (SSSR count). The third-order valence-electron chi connectivity index (χ3n) is 2.44. The Labute approximate surface area is 106 Å². The number of hydrogen-bond donors (Lipinski definition) is 2. The van der Waals surface area contributed by atoms with Crippen LogP contribution in [0.15, 0.2) is 17.3 Å². The zero-order valence-electron chi connectivity index (χ0n) is 10.7. The van der Waals surface area contributed by atoms with Gasteiger partial charge in [0.15, 0.2) is 5.03 Å². The minimum atomic E-state index is -3.91. The number of rotatable bonds is 4. The first-order valence-corrected chi connectivity index (χ1v) is 6.77. The molecule has 0 saturated heterocycles. The highest BCUT2D eigenvalue weighted by atomic mass is 32.2. The minimum absolute atomic E-state index is 0.0713. The summed E-state index contributed by atoms with van der Waals surface area (Å²) in [6.07, 6.45) is 1.33. The molecule has 18 heavy (non-hydrogen) atoms. The summed E-state index contributed by atoms with van der Waals surface area (Å²) in [6, 6.07) is 0.0987. The average molecular weight is 275 g/mol. The molecule has 0 radical (unpaired) electrons. The van der Waals surface area contributed by atoms with Crippen molar-refractivity contribution in [1.29, 1.82) is 0 Å². The predicted molar refractivity (Wildman–Crippen MR) is 64.4 cm³/mol. The van der Waals surface area contributed by atoms with Crippen LogP contribution in [0.1, 0.15) is 20.8 Å². The van der Waals surface area contributed by atoms with Crippen LogP contribution in [0, 0.1) is 5.41 Å². The summed E-state index contributed by atoms with van der Waals surface area (Å²) < 4.78 is 27.4. The summed E-state index contributed by atoms with van der Waals surface area (Å²) in [5, 5.41) is 12.8. The lowest BCUT2D eigenvalue weighted by molar-refractivity contribution is -0.141. The molecule has 0 aliphatic carbocycles. The lowest BCUT2D eigenvalue weighted by atomic mass is 9.88. The highest BCUT2D eigenvalue weighted by molar-refractivity contribution is 7.89. The van der Waals surface area contributed by atoms with Gasteiger partial charge in [-0.1, -0.05) is 20.8 Å². The van der Waals surface area contributed by atoms with E-state index in [1.165, 1.54) is 24.0 Å². The first-order chi connectivity index (χ1) is 8.05. The average Bonchev–Trinajstić information content (AvgIpc) is 2.59. The smallest absolute Gasteiger partial charge is 0.322 e. The number of nitrogens with one attached hydrogen (secondary N) is 1. The zero-order chi connectivity index (χ0) is 14.1. The molecule has 0 saturated carbocycles. The molecule has 0 spiro atoms. The third kappa shape index (κ3) is 3.08. The second-order valence-corrected chi connectivity index (χ2v) is 6.71. The fraction of sp³-hybridized carbons (Fsp3) is 0.600. The van der Waals surface area contributed by atoms with E-state index in [1.54, 1.807) is 20.8 Å². The first-order valence-electron chi connectivity index (χ1n) is 5.29. The maximum absolute atomic E-state index is 12.0. The topological polar surface area (TPSA) is 101 Å². The van der Waals surface area contributed by atoms with Gasteiger partial charge in [0, 0.05) is 7.05 Å².